The van der Waals surface area contributed by atoms with Gasteiger partial charge in [0, 0.05) is 6.61 Å². The average molecular weight is 180 g/mol. The van der Waals surface area contributed by atoms with Gasteiger partial charge in [0.05, 0.1) is 5.69 Å². The molecule has 0 aliphatic rings. The Morgan fingerprint density at radius 1 is 1.38 bits per heavy atom. The van der Waals surface area contributed by atoms with E-state index in [1.54, 1.807) is 0 Å². The normalized spacial score (nSPS) is 10.6. The van der Waals surface area contributed by atoms with Gasteiger partial charge in [-0.1, -0.05) is 18.2 Å². The maximum atomic E-state index is 8.75. The average Bonchev–Trinajstić information content (AvgIpc) is 2.17. The number of benzene rings is 1. The highest BCUT2D eigenvalue weighted by Crippen LogP contribution is 2.17. The number of nitrogens with one attached hydrogen (secondary N) is 1. The third-order valence-corrected chi connectivity index (χ3v) is 1.63. The van der Waals surface area contributed by atoms with E-state index in [4.69, 9.17) is 10.3 Å². The summed E-state index contributed by atoms with van der Waals surface area (Å²) in [4.78, 5) is 3.95. The smallest absolute Gasteiger partial charge is 0.113 e. The second-order valence-corrected chi connectivity index (χ2v) is 2.49. The van der Waals surface area contributed by atoms with Gasteiger partial charge in [0.1, 0.15) is 6.34 Å². The molecule has 0 unspecified atom stereocenters. The van der Waals surface area contributed by atoms with Gasteiger partial charge in [0.15, 0.2) is 0 Å². The van der Waals surface area contributed by atoms with E-state index in [9.17, 15) is 0 Å². The van der Waals surface area contributed by atoms with E-state index in [-0.39, 0.29) is 6.61 Å². The molecule has 0 amide bonds. The van der Waals surface area contributed by atoms with Crippen molar-refractivity contribution in [2.45, 2.75) is 6.42 Å². The first-order valence-electron chi connectivity index (χ1n) is 3.99. The second kappa shape index (κ2) is 5.29. The molecule has 1 rings (SSSR count). The summed E-state index contributed by atoms with van der Waals surface area (Å²) in [6.45, 7) is 0.0963. The van der Waals surface area contributed by atoms with Crippen molar-refractivity contribution >= 4 is 12.0 Å². The lowest BCUT2D eigenvalue weighted by molar-refractivity contribution is 0.240. The van der Waals surface area contributed by atoms with Crippen LogP contribution in [0, 0.1) is 0 Å². The van der Waals surface area contributed by atoms with Gasteiger partial charge < -0.3 is 5.11 Å². The van der Waals surface area contributed by atoms with Crippen LogP contribution in [0.1, 0.15) is 5.56 Å². The predicted octanol–water partition coefficient (Wildman–Crippen LogP) is 0.860. The van der Waals surface area contributed by atoms with Gasteiger partial charge in [-0.25, -0.2) is 4.99 Å². The Morgan fingerprint density at radius 2 is 2.15 bits per heavy atom. The molecule has 0 atom stereocenters. The molecular formula is C9H12N2O2. The molecule has 0 aliphatic carbocycles. The van der Waals surface area contributed by atoms with E-state index >= 15 is 0 Å². The lowest BCUT2D eigenvalue weighted by Gasteiger charge is -2.01. The van der Waals surface area contributed by atoms with Gasteiger partial charge in [-0.05, 0) is 18.1 Å². The maximum absolute atomic E-state index is 8.75. The number of nitrogens with zero attached hydrogens (tertiary/aromatic N) is 1. The maximum Gasteiger partial charge on any atom is 0.113 e. The number of aliphatic imine (C=N–C) groups is 1. The van der Waals surface area contributed by atoms with Gasteiger partial charge >= 0.3 is 0 Å². The van der Waals surface area contributed by atoms with Gasteiger partial charge in [-0.15, -0.1) is 0 Å². The highest BCUT2D eigenvalue weighted by Gasteiger charge is 1.97. The fourth-order valence-corrected chi connectivity index (χ4v) is 1.07. The molecule has 0 saturated carbocycles. The number of rotatable bonds is 4. The first-order valence-corrected chi connectivity index (χ1v) is 3.99. The fraction of sp³-hybridized carbons (Fsp3) is 0.222. The summed E-state index contributed by atoms with van der Waals surface area (Å²) in [5.74, 6) is 0. The number of hydrogen-bond donors (Lipinski definition) is 3. The van der Waals surface area contributed by atoms with Crippen LogP contribution in [0.5, 0.6) is 0 Å². The second-order valence-electron chi connectivity index (χ2n) is 2.49. The molecule has 0 spiro atoms. The molecule has 1 aromatic rings. The molecule has 3 N–H and O–H groups in total. The SMILES string of the molecule is OCCc1ccccc1N=CNO. The van der Waals surface area contributed by atoms with Crippen molar-refractivity contribution in [3.63, 3.8) is 0 Å². The molecule has 4 heteroatoms. The van der Waals surface area contributed by atoms with Crippen molar-refractivity contribution in [3.8, 4) is 0 Å². The van der Waals surface area contributed by atoms with Crippen molar-refractivity contribution in [2.24, 2.45) is 4.99 Å². The standard InChI is InChI=1S/C9H12N2O2/c12-6-5-8-3-1-2-4-9(8)10-7-11-13/h1-4,7,12-13H,5-6H2,(H,10,11). The highest BCUT2D eigenvalue weighted by molar-refractivity contribution is 5.61. The van der Waals surface area contributed by atoms with Crippen LogP contribution in [-0.2, 0) is 6.42 Å². The lowest BCUT2D eigenvalue weighted by Crippen LogP contribution is -2.01. The molecule has 0 aromatic heterocycles. The summed E-state index contributed by atoms with van der Waals surface area (Å²) in [6.07, 6.45) is 1.76. The number of hydroxylamine groups is 1. The summed E-state index contributed by atoms with van der Waals surface area (Å²) < 4.78 is 0. The number of aliphatic hydroxyl groups is 1. The summed E-state index contributed by atoms with van der Waals surface area (Å²) >= 11 is 0. The molecule has 0 fully saturated rings. The van der Waals surface area contributed by atoms with Crippen molar-refractivity contribution in [2.75, 3.05) is 6.61 Å². The van der Waals surface area contributed by atoms with Crippen LogP contribution >= 0.6 is 0 Å². The molecule has 70 valence electrons. The molecule has 1 aromatic carbocycles. The highest BCUT2D eigenvalue weighted by atomic mass is 16.5. The predicted molar refractivity (Wildman–Crippen MR) is 50.3 cm³/mol. The summed E-state index contributed by atoms with van der Waals surface area (Å²) in [7, 11) is 0. The zero-order valence-electron chi connectivity index (χ0n) is 7.14. The fourth-order valence-electron chi connectivity index (χ4n) is 1.07. The molecule has 4 nitrogen and oxygen atoms in total. The van der Waals surface area contributed by atoms with E-state index < -0.39 is 0 Å². The van der Waals surface area contributed by atoms with E-state index in [0.29, 0.717) is 6.42 Å². The molecule has 0 saturated heterocycles. The Labute approximate surface area is 76.5 Å². The molecule has 0 heterocycles. The quantitative estimate of drug-likeness (QED) is 0.366. The lowest BCUT2D eigenvalue weighted by atomic mass is 10.1. The molecule has 0 aliphatic heterocycles. The number of hydrogen-bond acceptors (Lipinski definition) is 3. The van der Waals surface area contributed by atoms with Crippen LogP contribution in [0.25, 0.3) is 0 Å². The van der Waals surface area contributed by atoms with Crippen LogP contribution < -0.4 is 5.48 Å². The number of para-hydroxylation sites is 1. The van der Waals surface area contributed by atoms with Crippen LogP contribution in [0.4, 0.5) is 5.69 Å². The third kappa shape index (κ3) is 2.85. The Hall–Kier alpha value is -1.39. The van der Waals surface area contributed by atoms with Crippen molar-refractivity contribution in [1.29, 1.82) is 0 Å². The van der Waals surface area contributed by atoms with Crippen molar-refractivity contribution in [1.82, 2.24) is 5.48 Å². The van der Waals surface area contributed by atoms with Crippen LogP contribution in [0.2, 0.25) is 0 Å². The first kappa shape index (κ1) is 9.70. The minimum absolute atomic E-state index is 0.0963. The minimum atomic E-state index is 0.0963. The molecule has 0 bridgehead atoms. The van der Waals surface area contributed by atoms with E-state index in [1.807, 2.05) is 29.7 Å². The van der Waals surface area contributed by atoms with Crippen LogP contribution in [-0.4, -0.2) is 23.3 Å². The Morgan fingerprint density at radius 3 is 2.85 bits per heavy atom. The van der Waals surface area contributed by atoms with Crippen LogP contribution in [0.15, 0.2) is 29.3 Å². The van der Waals surface area contributed by atoms with Gasteiger partial charge in [-0.3, -0.25) is 10.7 Å². The van der Waals surface area contributed by atoms with Crippen molar-refractivity contribution in [3.05, 3.63) is 29.8 Å². The van der Waals surface area contributed by atoms with Gasteiger partial charge in [0.2, 0.25) is 0 Å². The first-order chi connectivity index (χ1) is 6.38. The molecular weight excluding hydrogens is 168 g/mol. The van der Waals surface area contributed by atoms with Crippen LogP contribution in [0.3, 0.4) is 0 Å². The topological polar surface area (TPSA) is 64.9 Å². The van der Waals surface area contributed by atoms with E-state index in [1.165, 1.54) is 6.34 Å². The summed E-state index contributed by atoms with van der Waals surface area (Å²) in [5, 5.41) is 17.1. The van der Waals surface area contributed by atoms with Crippen molar-refractivity contribution < 1.29 is 10.3 Å². The zero-order valence-corrected chi connectivity index (χ0v) is 7.14. The van der Waals surface area contributed by atoms with E-state index in [2.05, 4.69) is 4.99 Å². The Kier molecular flexibility index (Phi) is 3.95. The monoisotopic (exact) mass is 180 g/mol. The van der Waals surface area contributed by atoms with E-state index in [0.717, 1.165) is 11.3 Å². The Bertz CT molecular complexity index is 287. The summed E-state index contributed by atoms with van der Waals surface area (Å²) in [6, 6.07) is 7.44. The third-order valence-electron chi connectivity index (χ3n) is 1.63. The van der Waals surface area contributed by atoms with Gasteiger partial charge in [-0.2, -0.15) is 0 Å². The molecule has 0 radical (unpaired) electrons. The largest absolute Gasteiger partial charge is 0.396 e. The minimum Gasteiger partial charge on any atom is -0.396 e. The Balaban J connectivity index is 2.84. The molecule has 13 heavy (non-hydrogen) atoms. The zero-order chi connectivity index (χ0) is 9.52. The van der Waals surface area contributed by atoms with Gasteiger partial charge in [0.25, 0.3) is 0 Å². The summed E-state index contributed by atoms with van der Waals surface area (Å²) in [5.41, 5.74) is 3.53. The number of aliphatic hydroxyl groups excluding tert-OH is 1.